The van der Waals surface area contributed by atoms with Gasteiger partial charge in [-0.3, -0.25) is 19.2 Å². The highest BCUT2D eigenvalue weighted by atomic mass is 16.5. The third-order valence-corrected chi connectivity index (χ3v) is 5.84. The fourth-order valence-corrected chi connectivity index (χ4v) is 3.76. The zero-order valence-electron chi connectivity index (χ0n) is 20.9. The van der Waals surface area contributed by atoms with Gasteiger partial charge in [0.05, 0.1) is 12.2 Å². The third kappa shape index (κ3) is 7.20. The van der Waals surface area contributed by atoms with E-state index in [1.165, 1.54) is 25.1 Å². The number of ether oxygens (including phenoxy) is 1. The van der Waals surface area contributed by atoms with Crippen LogP contribution in [0.5, 0.6) is 17.2 Å². The maximum absolute atomic E-state index is 13.0. The van der Waals surface area contributed by atoms with Crippen molar-refractivity contribution in [3.8, 4) is 17.2 Å². The van der Waals surface area contributed by atoms with E-state index in [0.717, 1.165) is 5.56 Å². The lowest BCUT2D eigenvalue weighted by Crippen LogP contribution is -2.57. The molecular formula is C26H32N4O7. The van der Waals surface area contributed by atoms with Crippen molar-refractivity contribution in [1.29, 1.82) is 0 Å². The quantitative estimate of drug-likeness (QED) is 0.326. The zero-order chi connectivity index (χ0) is 27.1. The summed E-state index contributed by atoms with van der Waals surface area (Å²) in [4.78, 5) is 51.6. The summed E-state index contributed by atoms with van der Waals surface area (Å²) in [5.74, 6) is -2.26. The van der Waals surface area contributed by atoms with E-state index in [1.807, 2.05) is 0 Å². The molecule has 0 fully saturated rings. The van der Waals surface area contributed by atoms with Gasteiger partial charge in [-0.2, -0.15) is 0 Å². The molecule has 0 saturated carbocycles. The average Bonchev–Trinajstić information content (AvgIpc) is 2.86. The Morgan fingerprint density at radius 2 is 1.70 bits per heavy atom. The number of fused-ring (bicyclic) bond motifs is 11. The second-order valence-electron chi connectivity index (χ2n) is 9.13. The van der Waals surface area contributed by atoms with Crippen molar-refractivity contribution < 1.29 is 34.1 Å². The van der Waals surface area contributed by atoms with Gasteiger partial charge in [0.1, 0.15) is 35.4 Å². The van der Waals surface area contributed by atoms with E-state index >= 15 is 0 Å². The summed E-state index contributed by atoms with van der Waals surface area (Å²) in [5.41, 5.74) is 0.649. The number of phenols is 1. The number of phenolic OH excluding ortho intramolecular Hbond substituents is 1. The van der Waals surface area contributed by atoms with E-state index in [4.69, 9.17) is 9.84 Å². The minimum atomic E-state index is -1.02. The Morgan fingerprint density at radius 1 is 1.03 bits per heavy atom. The van der Waals surface area contributed by atoms with Crippen LogP contribution in [0.1, 0.15) is 36.7 Å². The molecule has 11 nitrogen and oxygen atoms in total. The summed E-state index contributed by atoms with van der Waals surface area (Å²) >= 11 is 0. The highest BCUT2D eigenvalue weighted by molar-refractivity contribution is 6.00. The summed E-state index contributed by atoms with van der Waals surface area (Å²) in [5, 5.41) is 29.7. The Labute approximate surface area is 214 Å². The molecule has 4 amide bonds. The van der Waals surface area contributed by atoms with E-state index in [-0.39, 0.29) is 36.8 Å². The largest absolute Gasteiger partial charge is 0.507 e. The Kier molecular flexibility index (Phi) is 9.07. The number of rotatable bonds is 4. The molecule has 6 N–H and O–H groups in total. The number of amides is 4. The lowest BCUT2D eigenvalue weighted by molar-refractivity contribution is -0.132. The van der Waals surface area contributed by atoms with E-state index < -0.39 is 41.8 Å². The third-order valence-electron chi connectivity index (χ3n) is 5.84. The predicted octanol–water partition coefficient (Wildman–Crippen LogP) is 0.593. The van der Waals surface area contributed by atoms with Crippen LogP contribution in [0.25, 0.3) is 0 Å². The maximum Gasteiger partial charge on any atom is 0.255 e. The number of carbonyl (C=O) groups excluding carboxylic acids is 4. The van der Waals surface area contributed by atoms with Crippen LogP contribution in [-0.4, -0.2) is 65.1 Å². The Morgan fingerprint density at radius 3 is 2.35 bits per heavy atom. The summed E-state index contributed by atoms with van der Waals surface area (Å²) in [6.07, 6.45) is 0.151. The fraction of sp³-hybridized carbons (Fsp3) is 0.385. The highest BCUT2D eigenvalue weighted by Gasteiger charge is 2.30. The molecule has 0 aliphatic carbocycles. The molecule has 3 atom stereocenters. The second kappa shape index (κ2) is 12.2. The van der Waals surface area contributed by atoms with Crippen LogP contribution in [0.15, 0.2) is 42.5 Å². The molecule has 198 valence electrons. The number of hydrogen-bond acceptors (Lipinski definition) is 7. The van der Waals surface area contributed by atoms with Gasteiger partial charge in [0.2, 0.25) is 17.7 Å². The number of hydrogen-bond donors (Lipinski definition) is 6. The maximum atomic E-state index is 13.0. The zero-order valence-corrected chi connectivity index (χ0v) is 20.9. The number of aromatic hydroxyl groups is 1. The van der Waals surface area contributed by atoms with Gasteiger partial charge < -0.3 is 36.2 Å². The van der Waals surface area contributed by atoms with E-state index in [1.54, 1.807) is 38.1 Å². The molecule has 37 heavy (non-hydrogen) atoms. The molecule has 11 heteroatoms. The fourth-order valence-electron chi connectivity index (χ4n) is 3.76. The van der Waals surface area contributed by atoms with Crippen LogP contribution < -0.4 is 26.0 Å². The van der Waals surface area contributed by atoms with Crippen molar-refractivity contribution in [3.05, 3.63) is 53.6 Å². The first-order chi connectivity index (χ1) is 17.6. The van der Waals surface area contributed by atoms with E-state index in [0.29, 0.717) is 11.5 Å². The normalized spacial score (nSPS) is 20.7. The van der Waals surface area contributed by atoms with Crippen LogP contribution in [0, 0.1) is 5.92 Å². The van der Waals surface area contributed by atoms with Crippen molar-refractivity contribution >= 4 is 23.6 Å². The van der Waals surface area contributed by atoms with Gasteiger partial charge in [-0.1, -0.05) is 26.0 Å². The van der Waals surface area contributed by atoms with Crippen LogP contribution in [0.2, 0.25) is 0 Å². The van der Waals surface area contributed by atoms with Gasteiger partial charge in [-0.25, -0.2) is 0 Å². The molecule has 0 unspecified atom stereocenters. The van der Waals surface area contributed by atoms with E-state index in [9.17, 15) is 24.3 Å². The number of aliphatic hydroxyl groups is 1. The number of carbonyl (C=O) groups is 4. The summed E-state index contributed by atoms with van der Waals surface area (Å²) < 4.78 is 5.83. The van der Waals surface area contributed by atoms with Gasteiger partial charge in [0.15, 0.2) is 0 Å². The van der Waals surface area contributed by atoms with Crippen LogP contribution in [-0.2, 0) is 20.8 Å². The molecule has 2 aromatic carbocycles. The lowest BCUT2D eigenvalue weighted by Gasteiger charge is -2.25. The van der Waals surface area contributed by atoms with Crippen molar-refractivity contribution in [2.75, 3.05) is 13.2 Å². The van der Waals surface area contributed by atoms with Crippen molar-refractivity contribution in [3.63, 3.8) is 0 Å². The molecule has 2 heterocycles. The van der Waals surface area contributed by atoms with Crippen LogP contribution in [0.3, 0.4) is 0 Å². The second-order valence-corrected chi connectivity index (χ2v) is 9.13. The highest BCUT2D eigenvalue weighted by Crippen LogP contribution is 2.28. The van der Waals surface area contributed by atoms with Gasteiger partial charge in [0.25, 0.3) is 5.91 Å². The molecule has 0 saturated heterocycles. The number of benzene rings is 2. The molecule has 4 bridgehead atoms. The minimum Gasteiger partial charge on any atom is -0.507 e. The van der Waals surface area contributed by atoms with E-state index in [2.05, 4.69) is 21.3 Å². The standard InChI is InChI=1S/C26H32N4O7/c1-14(2)22-26(36)28-15(3)23(33)29-20(25(35)27-10-11-31)12-16-4-6-17(7-5-16)37-18-8-9-21(32)19(13-18)24(34)30-22/h4-9,13-15,20,22,31-32H,10-12H2,1-3H3,(H,27,35)(H,28,36)(H,29,33)(H,30,34)/t15-,20+,22-/m0/s1. The molecule has 0 spiro atoms. The Bertz CT molecular complexity index is 1150. The molecular weight excluding hydrogens is 480 g/mol. The average molecular weight is 513 g/mol. The van der Waals surface area contributed by atoms with Gasteiger partial charge in [-0.05, 0) is 48.7 Å². The van der Waals surface area contributed by atoms with Crippen LogP contribution in [0.4, 0.5) is 0 Å². The smallest absolute Gasteiger partial charge is 0.255 e. The summed E-state index contributed by atoms with van der Waals surface area (Å²) in [7, 11) is 0. The molecule has 2 aromatic rings. The van der Waals surface area contributed by atoms with Crippen molar-refractivity contribution in [1.82, 2.24) is 21.3 Å². The van der Waals surface area contributed by atoms with Gasteiger partial charge in [-0.15, -0.1) is 0 Å². The van der Waals surface area contributed by atoms with Crippen molar-refractivity contribution in [2.24, 2.45) is 5.92 Å². The lowest BCUT2D eigenvalue weighted by atomic mass is 10.0. The molecule has 0 aromatic heterocycles. The monoisotopic (exact) mass is 512 g/mol. The number of aliphatic hydroxyl groups excluding tert-OH is 1. The first kappa shape index (κ1) is 27.5. The first-order valence-electron chi connectivity index (χ1n) is 12.0. The molecule has 2 aliphatic rings. The van der Waals surface area contributed by atoms with Gasteiger partial charge in [0, 0.05) is 13.0 Å². The van der Waals surface area contributed by atoms with Crippen molar-refractivity contribution in [2.45, 2.75) is 45.3 Å². The van der Waals surface area contributed by atoms with Crippen LogP contribution >= 0.6 is 0 Å². The Balaban J connectivity index is 1.99. The topological polar surface area (TPSA) is 166 Å². The molecule has 2 aliphatic heterocycles. The van der Waals surface area contributed by atoms with Gasteiger partial charge >= 0.3 is 0 Å². The number of nitrogens with one attached hydrogen (secondary N) is 4. The summed E-state index contributed by atoms with van der Waals surface area (Å²) in [6.45, 7) is 4.69. The SMILES string of the molecule is CC(C)[C@@H]1NC(=O)c2cc(ccc2O)Oc2ccc(cc2)C[C@H](C(=O)NCCO)NC(=O)[C@H](C)NC1=O. The predicted molar refractivity (Wildman–Crippen MR) is 134 cm³/mol. The molecule has 0 radical (unpaired) electrons. The Hall–Kier alpha value is -4.12. The summed E-state index contributed by atoms with van der Waals surface area (Å²) in [6, 6.07) is 7.99. The molecule has 4 rings (SSSR count). The first-order valence-corrected chi connectivity index (χ1v) is 12.0. The minimum absolute atomic E-state index is 0.0225.